The maximum atomic E-state index is 11.8. The molecule has 0 fully saturated rings. The van der Waals surface area contributed by atoms with Crippen molar-refractivity contribution in [3.8, 4) is 0 Å². The molecule has 2 rings (SSSR count). The number of hydrogen-bond donors (Lipinski definition) is 2. The molecule has 17 heavy (non-hydrogen) atoms. The number of nitrogens with one attached hydrogen (secondary N) is 2. The lowest BCUT2D eigenvalue weighted by Gasteiger charge is -2.01. The second-order valence-corrected chi connectivity index (χ2v) is 3.77. The van der Waals surface area contributed by atoms with Crippen molar-refractivity contribution in [1.29, 1.82) is 0 Å². The van der Waals surface area contributed by atoms with Gasteiger partial charge in [-0.05, 0) is 12.1 Å². The Bertz CT molecular complexity index is 523. The van der Waals surface area contributed by atoms with E-state index in [-0.39, 0.29) is 11.7 Å². The summed E-state index contributed by atoms with van der Waals surface area (Å²) in [5.41, 5.74) is 0.705. The van der Waals surface area contributed by atoms with E-state index in [1.165, 1.54) is 6.07 Å². The lowest BCUT2D eigenvalue weighted by Crippen LogP contribution is -2.10. The molecular formula is C12H11ClN2O2. The Morgan fingerprint density at radius 1 is 1.29 bits per heavy atom. The molecule has 0 aliphatic heterocycles. The quantitative estimate of drug-likeness (QED) is 0.879. The first-order valence-electron chi connectivity index (χ1n) is 5.04. The minimum atomic E-state index is -0.334. The smallest absolute Gasteiger partial charge is 0.291 e. The van der Waals surface area contributed by atoms with Gasteiger partial charge in [0.15, 0.2) is 5.76 Å². The minimum Gasteiger partial charge on any atom is -0.434 e. The van der Waals surface area contributed by atoms with Gasteiger partial charge in [-0.15, -0.1) is 0 Å². The van der Waals surface area contributed by atoms with Crippen molar-refractivity contribution in [2.75, 3.05) is 17.7 Å². The largest absolute Gasteiger partial charge is 0.434 e. The third-order valence-corrected chi connectivity index (χ3v) is 2.45. The minimum absolute atomic E-state index is 0.170. The van der Waals surface area contributed by atoms with Crippen LogP contribution < -0.4 is 10.6 Å². The summed E-state index contributed by atoms with van der Waals surface area (Å²) in [5.74, 6) is 0.215. The van der Waals surface area contributed by atoms with E-state index in [1.807, 2.05) is 18.2 Å². The molecule has 5 heteroatoms. The van der Waals surface area contributed by atoms with E-state index >= 15 is 0 Å². The summed E-state index contributed by atoms with van der Waals surface area (Å²) >= 11 is 5.86. The highest BCUT2D eigenvalue weighted by Gasteiger charge is 2.14. The van der Waals surface area contributed by atoms with Crippen LogP contribution in [0.3, 0.4) is 0 Å². The summed E-state index contributed by atoms with van der Waals surface area (Å²) in [5, 5.41) is 5.84. The normalized spacial score (nSPS) is 10.0. The molecule has 1 amide bonds. The van der Waals surface area contributed by atoms with E-state index in [0.29, 0.717) is 16.6 Å². The molecule has 0 bridgehead atoms. The average Bonchev–Trinajstić information content (AvgIpc) is 2.72. The molecule has 0 radical (unpaired) electrons. The summed E-state index contributed by atoms with van der Waals surface area (Å²) in [6.45, 7) is 0. The summed E-state index contributed by atoms with van der Waals surface area (Å²) in [6.07, 6.45) is 0. The van der Waals surface area contributed by atoms with Gasteiger partial charge in [-0.3, -0.25) is 4.79 Å². The van der Waals surface area contributed by atoms with E-state index in [2.05, 4.69) is 10.6 Å². The molecule has 0 aliphatic carbocycles. The molecule has 88 valence electrons. The molecule has 1 heterocycles. The van der Waals surface area contributed by atoms with Gasteiger partial charge in [0.1, 0.15) is 5.02 Å². The molecular weight excluding hydrogens is 240 g/mol. The number of para-hydroxylation sites is 1. The lowest BCUT2D eigenvalue weighted by atomic mass is 10.3. The van der Waals surface area contributed by atoms with Gasteiger partial charge in [-0.25, -0.2) is 0 Å². The molecule has 1 aromatic carbocycles. The van der Waals surface area contributed by atoms with Crippen LogP contribution in [0.2, 0.25) is 5.02 Å². The Labute approximate surface area is 104 Å². The van der Waals surface area contributed by atoms with Gasteiger partial charge < -0.3 is 15.1 Å². The number of halogens is 1. The molecule has 0 unspecified atom stereocenters. The Morgan fingerprint density at radius 2 is 2.00 bits per heavy atom. The second-order valence-electron chi connectivity index (χ2n) is 3.36. The Balaban J connectivity index is 2.15. The van der Waals surface area contributed by atoms with E-state index in [9.17, 15) is 4.79 Å². The van der Waals surface area contributed by atoms with Crippen LogP contribution in [0.5, 0.6) is 0 Å². The molecule has 0 saturated heterocycles. The number of carbonyl (C=O) groups is 1. The van der Waals surface area contributed by atoms with Crippen molar-refractivity contribution in [3.63, 3.8) is 0 Å². The number of hydrogen-bond acceptors (Lipinski definition) is 3. The molecule has 0 saturated carbocycles. The van der Waals surface area contributed by atoms with Gasteiger partial charge in [0, 0.05) is 18.8 Å². The van der Waals surface area contributed by atoms with Crippen molar-refractivity contribution in [1.82, 2.24) is 0 Å². The first kappa shape index (κ1) is 11.5. The first-order valence-corrected chi connectivity index (χ1v) is 5.42. The van der Waals surface area contributed by atoms with E-state index in [1.54, 1.807) is 19.2 Å². The predicted molar refractivity (Wildman–Crippen MR) is 67.7 cm³/mol. The fourth-order valence-corrected chi connectivity index (χ4v) is 1.60. The standard InChI is InChI=1S/C12H11ClN2O2/c1-14-12-9(13)7-10(17-12)11(16)15-8-5-3-2-4-6-8/h2-7,14H,1H3,(H,15,16). The van der Waals surface area contributed by atoms with E-state index < -0.39 is 0 Å². The van der Waals surface area contributed by atoms with E-state index in [4.69, 9.17) is 16.0 Å². The number of benzene rings is 1. The summed E-state index contributed by atoms with van der Waals surface area (Å²) in [4.78, 5) is 11.8. The fourth-order valence-electron chi connectivity index (χ4n) is 1.37. The van der Waals surface area contributed by atoms with Crippen molar-refractivity contribution in [2.45, 2.75) is 0 Å². The van der Waals surface area contributed by atoms with Crippen molar-refractivity contribution in [3.05, 3.63) is 47.2 Å². The van der Waals surface area contributed by atoms with Gasteiger partial charge in [-0.2, -0.15) is 0 Å². The fraction of sp³-hybridized carbons (Fsp3) is 0.0833. The van der Waals surface area contributed by atoms with Crippen LogP contribution in [0.4, 0.5) is 11.6 Å². The van der Waals surface area contributed by atoms with E-state index in [0.717, 1.165) is 0 Å². The zero-order valence-corrected chi connectivity index (χ0v) is 9.91. The number of furan rings is 1. The predicted octanol–water partition coefficient (Wildman–Crippen LogP) is 3.23. The number of anilines is 2. The van der Waals surface area contributed by atoms with Crippen molar-refractivity contribution in [2.24, 2.45) is 0 Å². The topological polar surface area (TPSA) is 54.3 Å². The van der Waals surface area contributed by atoms with Crippen LogP contribution in [0, 0.1) is 0 Å². The highest BCUT2D eigenvalue weighted by molar-refractivity contribution is 6.33. The molecule has 0 atom stereocenters. The first-order chi connectivity index (χ1) is 8.20. The summed E-state index contributed by atoms with van der Waals surface area (Å²) < 4.78 is 5.24. The highest BCUT2D eigenvalue weighted by atomic mass is 35.5. The maximum absolute atomic E-state index is 11.8. The number of rotatable bonds is 3. The Morgan fingerprint density at radius 3 is 2.59 bits per heavy atom. The number of carbonyl (C=O) groups excluding carboxylic acids is 1. The Hall–Kier alpha value is -1.94. The second kappa shape index (κ2) is 4.93. The molecule has 2 aromatic rings. The van der Waals surface area contributed by atoms with Crippen LogP contribution in [0.25, 0.3) is 0 Å². The SMILES string of the molecule is CNc1oc(C(=O)Nc2ccccc2)cc1Cl. The van der Waals surface area contributed by atoms with Gasteiger partial charge in [-0.1, -0.05) is 29.8 Å². The van der Waals surface area contributed by atoms with Gasteiger partial charge in [0.05, 0.1) is 0 Å². The van der Waals surface area contributed by atoms with Gasteiger partial charge in [0.25, 0.3) is 5.91 Å². The third kappa shape index (κ3) is 2.60. The average molecular weight is 251 g/mol. The van der Waals surface area contributed by atoms with Crippen LogP contribution >= 0.6 is 11.6 Å². The number of amides is 1. The monoisotopic (exact) mass is 250 g/mol. The zero-order chi connectivity index (χ0) is 12.3. The van der Waals surface area contributed by atoms with Crippen molar-refractivity contribution < 1.29 is 9.21 Å². The Kier molecular flexibility index (Phi) is 3.35. The maximum Gasteiger partial charge on any atom is 0.291 e. The lowest BCUT2D eigenvalue weighted by molar-refractivity contribution is 0.0997. The third-order valence-electron chi connectivity index (χ3n) is 2.17. The molecule has 0 aliphatic rings. The van der Waals surface area contributed by atoms with Gasteiger partial charge in [0.2, 0.25) is 5.88 Å². The van der Waals surface area contributed by atoms with Crippen LogP contribution in [0.15, 0.2) is 40.8 Å². The molecule has 0 spiro atoms. The van der Waals surface area contributed by atoms with Gasteiger partial charge >= 0.3 is 0 Å². The van der Waals surface area contributed by atoms with Crippen LogP contribution in [-0.2, 0) is 0 Å². The van der Waals surface area contributed by atoms with Crippen LogP contribution in [-0.4, -0.2) is 13.0 Å². The van der Waals surface area contributed by atoms with Crippen molar-refractivity contribution >= 4 is 29.1 Å². The molecule has 4 nitrogen and oxygen atoms in total. The highest BCUT2D eigenvalue weighted by Crippen LogP contribution is 2.26. The molecule has 2 N–H and O–H groups in total. The summed E-state index contributed by atoms with van der Waals surface area (Å²) in [6, 6.07) is 10.6. The molecule has 1 aromatic heterocycles. The summed E-state index contributed by atoms with van der Waals surface area (Å²) in [7, 11) is 1.67. The zero-order valence-electron chi connectivity index (χ0n) is 9.16. The van der Waals surface area contributed by atoms with Crippen LogP contribution in [0.1, 0.15) is 10.6 Å².